The molecule has 2 aromatic rings. The fourth-order valence-electron chi connectivity index (χ4n) is 1.36. The second-order valence-corrected chi connectivity index (χ2v) is 4.24. The van der Waals surface area contributed by atoms with Gasteiger partial charge >= 0.3 is 0 Å². The van der Waals surface area contributed by atoms with Gasteiger partial charge < -0.3 is 14.6 Å². The smallest absolute Gasteiger partial charge is 0.238 e. The first kappa shape index (κ1) is 12.8. The summed E-state index contributed by atoms with van der Waals surface area (Å²) >= 11 is 3.20. The minimum absolute atomic E-state index is 0.0469. The van der Waals surface area contributed by atoms with E-state index < -0.39 is 0 Å². The van der Waals surface area contributed by atoms with Gasteiger partial charge in [0.2, 0.25) is 5.88 Å². The highest BCUT2D eigenvalue weighted by Gasteiger charge is 2.07. The topological polar surface area (TPSA) is 64.5 Å². The fourth-order valence-corrected chi connectivity index (χ4v) is 1.57. The Labute approximate surface area is 113 Å². The summed E-state index contributed by atoms with van der Waals surface area (Å²) in [5, 5.41) is 9.04. The van der Waals surface area contributed by atoms with Gasteiger partial charge in [-0.25, -0.2) is 9.97 Å². The summed E-state index contributed by atoms with van der Waals surface area (Å²) in [6.07, 6.45) is 3.05. The highest BCUT2D eigenvalue weighted by molar-refractivity contribution is 9.10. The zero-order valence-corrected chi connectivity index (χ0v) is 11.2. The van der Waals surface area contributed by atoms with E-state index in [1.165, 1.54) is 13.3 Å². The summed E-state index contributed by atoms with van der Waals surface area (Å²) in [5.74, 6) is 1.42. The van der Waals surface area contributed by atoms with E-state index >= 15 is 0 Å². The van der Waals surface area contributed by atoms with E-state index in [1.807, 2.05) is 0 Å². The predicted octanol–water partition coefficient (Wildman–Crippen LogP) is 2.53. The van der Waals surface area contributed by atoms with E-state index in [0.29, 0.717) is 22.0 Å². The summed E-state index contributed by atoms with van der Waals surface area (Å²) in [6, 6.07) is 5.18. The lowest BCUT2D eigenvalue weighted by Gasteiger charge is -2.10. The van der Waals surface area contributed by atoms with Gasteiger partial charge in [0.25, 0.3) is 0 Å². The average Bonchev–Trinajstić information content (AvgIpc) is 2.41. The lowest BCUT2D eigenvalue weighted by molar-refractivity contribution is 0.280. The SMILES string of the molecule is COc1cc(CO)ccc1Oc1cnc(Br)cn1. The number of rotatable bonds is 4. The quantitative estimate of drug-likeness (QED) is 0.940. The van der Waals surface area contributed by atoms with Crippen molar-refractivity contribution >= 4 is 15.9 Å². The maximum Gasteiger partial charge on any atom is 0.238 e. The molecular formula is C12H11BrN2O3. The number of aliphatic hydroxyl groups excluding tert-OH is 1. The van der Waals surface area contributed by atoms with Crippen LogP contribution in [-0.4, -0.2) is 22.2 Å². The summed E-state index contributed by atoms with van der Waals surface area (Å²) in [5.41, 5.74) is 0.751. The van der Waals surface area contributed by atoms with Crippen LogP contribution in [0.4, 0.5) is 0 Å². The highest BCUT2D eigenvalue weighted by atomic mass is 79.9. The molecular weight excluding hydrogens is 300 g/mol. The molecule has 6 heteroatoms. The van der Waals surface area contributed by atoms with Gasteiger partial charge in [-0.05, 0) is 33.6 Å². The Morgan fingerprint density at radius 3 is 2.67 bits per heavy atom. The Morgan fingerprint density at radius 1 is 1.22 bits per heavy atom. The van der Waals surface area contributed by atoms with Gasteiger partial charge in [0, 0.05) is 0 Å². The van der Waals surface area contributed by atoms with Crippen molar-refractivity contribution in [2.24, 2.45) is 0 Å². The largest absolute Gasteiger partial charge is 0.493 e. The maximum atomic E-state index is 9.04. The molecule has 0 fully saturated rings. The third-order valence-electron chi connectivity index (χ3n) is 2.22. The van der Waals surface area contributed by atoms with Crippen molar-refractivity contribution in [1.82, 2.24) is 9.97 Å². The van der Waals surface area contributed by atoms with Crippen LogP contribution in [0.1, 0.15) is 5.56 Å². The molecule has 0 unspecified atom stereocenters. The summed E-state index contributed by atoms with van der Waals surface area (Å²) in [6.45, 7) is -0.0469. The monoisotopic (exact) mass is 310 g/mol. The first-order chi connectivity index (χ1) is 8.72. The van der Waals surface area contributed by atoms with Crippen LogP contribution in [0.2, 0.25) is 0 Å². The minimum atomic E-state index is -0.0469. The molecule has 2 rings (SSSR count). The van der Waals surface area contributed by atoms with E-state index in [4.69, 9.17) is 14.6 Å². The molecule has 0 aliphatic carbocycles. The zero-order chi connectivity index (χ0) is 13.0. The molecule has 0 aliphatic rings. The molecule has 94 valence electrons. The van der Waals surface area contributed by atoms with Crippen LogP contribution in [-0.2, 0) is 6.61 Å². The molecule has 0 bridgehead atoms. The van der Waals surface area contributed by atoms with Crippen LogP contribution in [0.5, 0.6) is 17.4 Å². The van der Waals surface area contributed by atoms with Crippen LogP contribution in [0.15, 0.2) is 35.2 Å². The summed E-state index contributed by atoms with van der Waals surface area (Å²) in [4.78, 5) is 8.07. The molecule has 1 heterocycles. The number of methoxy groups -OCH3 is 1. The first-order valence-corrected chi connectivity index (χ1v) is 5.95. The summed E-state index contributed by atoms with van der Waals surface area (Å²) < 4.78 is 11.4. The summed E-state index contributed by atoms with van der Waals surface area (Å²) in [7, 11) is 1.54. The van der Waals surface area contributed by atoms with E-state index in [0.717, 1.165) is 5.56 Å². The average molecular weight is 311 g/mol. The van der Waals surface area contributed by atoms with Crippen LogP contribution in [0, 0.1) is 0 Å². The second kappa shape index (κ2) is 5.79. The molecule has 18 heavy (non-hydrogen) atoms. The van der Waals surface area contributed by atoms with Crippen molar-refractivity contribution in [3.63, 3.8) is 0 Å². The van der Waals surface area contributed by atoms with E-state index in [-0.39, 0.29) is 6.61 Å². The van der Waals surface area contributed by atoms with Gasteiger partial charge in [-0.2, -0.15) is 0 Å². The van der Waals surface area contributed by atoms with Crippen molar-refractivity contribution in [3.05, 3.63) is 40.8 Å². The Bertz CT molecular complexity index is 531. The van der Waals surface area contributed by atoms with Gasteiger partial charge in [0.15, 0.2) is 11.5 Å². The van der Waals surface area contributed by atoms with Crippen LogP contribution < -0.4 is 9.47 Å². The van der Waals surface area contributed by atoms with Crippen molar-refractivity contribution in [2.75, 3.05) is 7.11 Å². The molecule has 0 saturated carbocycles. The number of hydrogen-bond acceptors (Lipinski definition) is 5. The van der Waals surface area contributed by atoms with Gasteiger partial charge in [-0.15, -0.1) is 0 Å². The molecule has 0 radical (unpaired) electrons. The third kappa shape index (κ3) is 2.96. The molecule has 0 saturated heterocycles. The Balaban J connectivity index is 2.25. The van der Waals surface area contributed by atoms with E-state index in [1.54, 1.807) is 24.4 Å². The zero-order valence-electron chi connectivity index (χ0n) is 9.63. The number of aliphatic hydroxyl groups is 1. The highest BCUT2D eigenvalue weighted by Crippen LogP contribution is 2.31. The Hall–Kier alpha value is -1.66. The van der Waals surface area contributed by atoms with Crippen molar-refractivity contribution in [2.45, 2.75) is 6.61 Å². The van der Waals surface area contributed by atoms with Crippen molar-refractivity contribution < 1.29 is 14.6 Å². The standard InChI is InChI=1S/C12H11BrN2O3/c1-17-10-4-8(7-16)2-3-9(10)18-12-6-14-11(13)5-15-12/h2-6,16H,7H2,1H3. The molecule has 0 aliphatic heterocycles. The van der Waals surface area contributed by atoms with Crippen LogP contribution in [0.25, 0.3) is 0 Å². The van der Waals surface area contributed by atoms with Gasteiger partial charge in [-0.3, -0.25) is 0 Å². The molecule has 1 N–H and O–H groups in total. The second-order valence-electron chi connectivity index (χ2n) is 3.42. The molecule has 0 atom stereocenters. The minimum Gasteiger partial charge on any atom is -0.493 e. The molecule has 0 spiro atoms. The lowest BCUT2D eigenvalue weighted by Crippen LogP contribution is -1.94. The van der Waals surface area contributed by atoms with Gasteiger partial charge in [0.05, 0.1) is 26.1 Å². The van der Waals surface area contributed by atoms with E-state index in [9.17, 15) is 0 Å². The number of ether oxygens (including phenoxy) is 2. The molecule has 5 nitrogen and oxygen atoms in total. The third-order valence-corrected chi connectivity index (χ3v) is 2.63. The number of nitrogens with zero attached hydrogens (tertiary/aromatic N) is 2. The molecule has 1 aromatic heterocycles. The fraction of sp³-hybridized carbons (Fsp3) is 0.167. The predicted molar refractivity (Wildman–Crippen MR) is 68.7 cm³/mol. The first-order valence-electron chi connectivity index (χ1n) is 5.16. The normalized spacial score (nSPS) is 10.2. The van der Waals surface area contributed by atoms with Crippen molar-refractivity contribution in [3.8, 4) is 17.4 Å². The van der Waals surface area contributed by atoms with Gasteiger partial charge in [0.1, 0.15) is 4.60 Å². The number of aromatic nitrogens is 2. The van der Waals surface area contributed by atoms with Crippen LogP contribution in [0.3, 0.4) is 0 Å². The Morgan fingerprint density at radius 2 is 2.06 bits per heavy atom. The maximum absolute atomic E-state index is 9.04. The molecule has 1 aromatic carbocycles. The van der Waals surface area contributed by atoms with Crippen molar-refractivity contribution in [1.29, 1.82) is 0 Å². The number of hydrogen-bond donors (Lipinski definition) is 1. The lowest BCUT2D eigenvalue weighted by atomic mass is 10.2. The van der Waals surface area contributed by atoms with Crippen LogP contribution >= 0.6 is 15.9 Å². The number of halogens is 1. The molecule has 0 amide bonds. The number of benzene rings is 1. The Kier molecular flexibility index (Phi) is 4.11. The van der Waals surface area contributed by atoms with Gasteiger partial charge in [-0.1, -0.05) is 6.07 Å². The van der Waals surface area contributed by atoms with E-state index in [2.05, 4.69) is 25.9 Å².